The second-order valence-corrected chi connectivity index (χ2v) is 6.80. The van der Waals surface area contributed by atoms with Crippen molar-refractivity contribution in [2.45, 2.75) is 13.8 Å². The molecule has 0 N–H and O–H groups in total. The standard InChI is InChI=1S/C25H24N2/c1-6-12-21-17(4)18(7-2)20(8-3)27(21)24-16-11-15-23-25(24)19-13-9-10-14-22(19)26(23)5/h6-16H,2-3H2,1,4-5H3/b12-6-. The van der Waals surface area contributed by atoms with E-state index in [0.29, 0.717) is 0 Å². The van der Waals surface area contributed by atoms with Crippen LogP contribution in [0, 0.1) is 6.92 Å². The number of hydrogen-bond donors (Lipinski definition) is 0. The van der Waals surface area contributed by atoms with Crippen LogP contribution in [0.2, 0.25) is 0 Å². The van der Waals surface area contributed by atoms with Crippen LogP contribution in [0.1, 0.15) is 29.4 Å². The molecule has 2 aromatic heterocycles. The van der Waals surface area contributed by atoms with Crippen LogP contribution < -0.4 is 0 Å². The zero-order valence-electron chi connectivity index (χ0n) is 16.2. The van der Waals surface area contributed by atoms with E-state index in [4.69, 9.17) is 0 Å². The normalized spacial score (nSPS) is 11.7. The van der Waals surface area contributed by atoms with Gasteiger partial charge in [0.25, 0.3) is 0 Å². The Morgan fingerprint density at radius 1 is 0.889 bits per heavy atom. The van der Waals surface area contributed by atoms with Crippen LogP contribution >= 0.6 is 0 Å². The molecule has 0 unspecified atom stereocenters. The fraction of sp³-hybridized carbons (Fsp3) is 0.120. The number of aryl methyl sites for hydroxylation is 1. The van der Waals surface area contributed by atoms with Crippen LogP contribution in [-0.2, 0) is 7.05 Å². The number of nitrogens with zero attached hydrogens (tertiary/aromatic N) is 2. The molecule has 4 aromatic rings. The third-order valence-electron chi connectivity index (χ3n) is 5.43. The molecule has 0 bridgehead atoms. The van der Waals surface area contributed by atoms with Crippen LogP contribution in [0.15, 0.2) is 61.7 Å². The summed E-state index contributed by atoms with van der Waals surface area (Å²) in [7, 11) is 2.13. The number of para-hydroxylation sites is 1. The van der Waals surface area contributed by atoms with Gasteiger partial charge in [0.15, 0.2) is 0 Å². The van der Waals surface area contributed by atoms with Gasteiger partial charge < -0.3 is 9.13 Å². The number of fused-ring (bicyclic) bond motifs is 3. The highest BCUT2D eigenvalue weighted by Gasteiger charge is 2.19. The highest BCUT2D eigenvalue weighted by molar-refractivity contribution is 6.12. The van der Waals surface area contributed by atoms with Crippen LogP contribution in [0.25, 0.3) is 45.7 Å². The fourth-order valence-corrected chi connectivity index (χ4v) is 4.20. The lowest BCUT2D eigenvalue weighted by Gasteiger charge is -2.13. The Labute approximate surface area is 160 Å². The summed E-state index contributed by atoms with van der Waals surface area (Å²) < 4.78 is 4.58. The first-order valence-corrected chi connectivity index (χ1v) is 9.23. The van der Waals surface area contributed by atoms with Gasteiger partial charge >= 0.3 is 0 Å². The number of aromatic nitrogens is 2. The Morgan fingerprint density at radius 3 is 2.33 bits per heavy atom. The lowest BCUT2D eigenvalue weighted by molar-refractivity contribution is 1.01. The summed E-state index contributed by atoms with van der Waals surface area (Å²) in [6.45, 7) is 12.3. The van der Waals surface area contributed by atoms with Gasteiger partial charge in [-0.3, -0.25) is 0 Å². The zero-order chi connectivity index (χ0) is 19.1. The maximum absolute atomic E-state index is 4.09. The molecule has 0 aliphatic heterocycles. The second-order valence-electron chi connectivity index (χ2n) is 6.80. The van der Waals surface area contributed by atoms with Gasteiger partial charge in [-0.15, -0.1) is 0 Å². The van der Waals surface area contributed by atoms with Crippen molar-refractivity contribution in [3.8, 4) is 5.69 Å². The molecule has 0 aliphatic carbocycles. The molecule has 4 rings (SSSR count). The van der Waals surface area contributed by atoms with Gasteiger partial charge in [0.1, 0.15) is 0 Å². The molecule has 2 heterocycles. The van der Waals surface area contributed by atoms with Crippen molar-refractivity contribution in [3.05, 3.63) is 84.2 Å². The van der Waals surface area contributed by atoms with Crippen LogP contribution in [-0.4, -0.2) is 9.13 Å². The SMILES string of the molecule is C=Cc1c(C)c(/C=C\C)n(-c2cccc3c2c2ccccc2n3C)c1C=C. The largest absolute Gasteiger partial charge is 0.344 e. The van der Waals surface area contributed by atoms with Crippen LogP contribution in [0.3, 0.4) is 0 Å². The first kappa shape index (κ1) is 17.2. The summed E-state index contributed by atoms with van der Waals surface area (Å²) in [6.07, 6.45) is 8.11. The quantitative estimate of drug-likeness (QED) is 0.384. The molecule has 0 aliphatic rings. The average molecular weight is 352 g/mol. The van der Waals surface area contributed by atoms with E-state index < -0.39 is 0 Å². The molecule has 0 saturated heterocycles. The second kappa shape index (κ2) is 6.48. The Bertz CT molecular complexity index is 1230. The zero-order valence-corrected chi connectivity index (χ0v) is 16.2. The summed E-state index contributed by atoms with van der Waals surface area (Å²) in [5, 5.41) is 2.52. The van der Waals surface area contributed by atoms with E-state index in [1.807, 2.05) is 12.2 Å². The summed E-state index contributed by atoms with van der Waals surface area (Å²) in [6, 6.07) is 15.1. The van der Waals surface area contributed by atoms with E-state index in [-0.39, 0.29) is 0 Å². The first-order valence-electron chi connectivity index (χ1n) is 9.23. The molecule has 0 atom stereocenters. The fourth-order valence-electron chi connectivity index (χ4n) is 4.20. The molecule has 27 heavy (non-hydrogen) atoms. The molecule has 0 spiro atoms. The van der Waals surface area contributed by atoms with Crippen molar-refractivity contribution in [2.75, 3.05) is 0 Å². The van der Waals surface area contributed by atoms with Crippen molar-refractivity contribution in [3.63, 3.8) is 0 Å². The van der Waals surface area contributed by atoms with Gasteiger partial charge in [-0.05, 0) is 49.8 Å². The first-order chi connectivity index (χ1) is 13.1. The molecule has 0 radical (unpaired) electrons. The maximum Gasteiger partial charge on any atom is 0.0562 e. The van der Waals surface area contributed by atoms with E-state index in [0.717, 1.165) is 11.3 Å². The van der Waals surface area contributed by atoms with Gasteiger partial charge in [-0.2, -0.15) is 0 Å². The van der Waals surface area contributed by atoms with E-state index in [1.165, 1.54) is 38.8 Å². The minimum absolute atomic E-state index is 1.08. The summed E-state index contributed by atoms with van der Waals surface area (Å²) >= 11 is 0. The summed E-state index contributed by atoms with van der Waals surface area (Å²) in [4.78, 5) is 0. The van der Waals surface area contributed by atoms with Gasteiger partial charge in [0.2, 0.25) is 0 Å². The summed E-state index contributed by atoms with van der Waals surface area (Å²) in [5.74, 6) is 0. The predicted molar refractivity (Wildman–Crippen MR) is 119 cm³/mol. The van der Waals surface area contributed by atoms with Crippen LogP contribution in [0.4, 0.5) is 0 Å². The van der Waals surface area contributed by atoms with Crippen molar-refractivity contribution in [2.24, 2.45) is 7.05 Å². The van der Waals surface area contributed by atoms with Crippen molar-refractivity contribution >= 4 is 40.0 Å². The highest BCUT2D eigenvalue weighted by atomic mass is 15.0. The minimum Gasteiger partial charge on any atom is -0.344 e. The predicted octanol–water partition coefficient (Wildman–Crippen LogP) is 6.75. The van der Waals surface area contributed by atoms with Gasteiger partial charge in [0.05, 0.1) is 16.9 Å². The number of allylic oxidation sites excluding steroid dienone is 1. The van der Waals surface area contributed by atoms with Crippen LogP contribution in [0.5, 0.6) is 0 Å². The molecule has 2 nitrogen and oxygen atoms in total. The Kier molecular flexibility index (Phi) is 4.12. The van der Waals surface area contributed by atoms with Gasteiger partial charge in [0, 0.05) is 34.6 Å². The maximum atomic E-state index is 4.09. The van der Waals surface area contributed by atoms with E-state index in [9.17, 15) is 0 Å². The third kappa shape index (κ3) is 2.33. The number of benzene rings is 2. The van der Waals surface area contributed by atoms with E-state index in [2.05, 4.69) is 97.8 Å². The monoisotopic (exact) mass is 352 g/mol. The van der Waals surface area contributed by atoms with E-state index >= 15 is 0 Å². The molecular formula is C25H24N2. The molecule has 0 fully saturated rings. The van der Waals surface area contributed by atoms with Gasteiger partial charge in [-0.25, -0.2) is 0 Å². The third-order valence-corrected chi connectivity index (χ3v) is 5.43. The molecule has 0 saturated carbocycles. The topological polar surface area (TPSA) is 9.86 Å². The Morgan fingerprint density at radius 2 is 1.63 bits per heavy atom. The van der Waals surface area contributed by atoms with Crippen molar-refractivity contribution < 1.29 is 0 Å². The Balaban J connectivity index is 2.24. The smallest absolute Gasteiger partial charge is 0.0562 e. The molecular weight excluding hydrogens is 328 g/mol. The summed E-state index contributed by atoms with van der Waals surface area (Å²) in [5.41, 5.74) is 8.23. The molecule has 2 aromatic carbocycles. The van der Waals surface area contributed by atoms with Gasteiger partial charge in [-0.1, -0.05) is 49.6 Å². The lowest BCUT2D eigenvalue weighted by atomic mass is 10.1. The highest BCUT2D eigenvalue weighted by Crippen LogP contribution is 2.37. The van der Waals surface area contributed by atoms with E-state index in [1.54, 1.807) is 0 Å². The molecule has 2 heteroatoms. The number of rotatable bonds is 4. The average Bonchev–Trinajstić information content (AvgIpc) is 3.14. The lowest BCUT2D eigenvalue weighted by Crippen LogP contribution is -2.00. The molecule has 0 amide bonds. The Hall–Kier alpha value is -3.26. The minimum atomic E-state index is 1.08. The molecule has 134 valence electrons. The van der Waals surface area contributed by atoms with Crippen molar-refractivity contribution in [1.29, 1.82) is 0 Å². The van der Waals surface area contributed by atoms with Crippen molar-refractivity contribution in [1.82, 2.24) is 9.13 Å². The number of hydrogen-bond acceptors (Lipinski definition) is 0.